The maximum atomic E-state index is 12.0. The number of hydrogen-bond donors (Lipinski definition) is 1. The summed E-state index contributed by atoms with van der Waals surface area (Å²) in [5, 5.41) is 13.2. The van der Waals surface area contributed by atoms with Crippen LogP contribution in [0.4, 0.5) is 0 Å². The van der Waals surface area contributed by atoms with Crippen molar-refractivity contribution in [3.05, 3.63) is 69.7 Å². The lowest BCUT2D eigenvalue weighted by atomic mass is 10.1. The highest BCUT2D eigenvalue weighted by Gasteiger charge is 2.13. The Balaban J connectivity index is 1.42. The molecule has 0 radical (unpaired) electrons. The number of rotatable bonds is 7. The Morgan fingerprint density at radius 1 is 1.19 bits per heavy atom. The first-order valence-corrected chi connectivity index (χ1v) is 9.84. The quantitative estimate of drug-likeness (QED) is 0.491. The standard InChI is InChI=1S/C17H15N5O2S2/c23-16-19-20-17(22(16)9-8-12-5-2-1-3-6-12)26-11-14-18-15(24-21-14)13-7-4-10-25-13/h1-7,10H,8-9,11H2,(H,19,23). The number of hydrogen-bond acceptors (Lipinski definition) is 7. The number of benzene rings is 1. The minimum Gasteiger partial charge on any atom is -0.333 e. The molecule has 0 atom stereocenters. The molecule has 0 saturated carbocycles. The van der Waals surface area contributed by atoms with Crippen molar-refractivity contribution in [2.24, 2.45) is 0 Å². The number of aryl methyl sites for hydroxylation is 1. The minimum atomic E-state index is -0.212. The molecule has 26 heavy (non-hydrogen) atoms. The van der Waals surface area contributed by atoms with Crippen LogP contribution >= 0.6 is 23.1 Å². The van der Waals surface area contributed by atoms with Gasteiger partial charge in [0.2, 0.25) is 0 Å². The summed E-state index contributed by atoms with van der Waals surface area (Å²) >= 11 is 2.95. The van der Waals surface area contributed by atoms with Crippen molar-refractivity contribution >= 4 is 23.1 Å². The van der Waals surface area contributed by atoms with Crippen molar-refractivity contribution in [3.63, 3.8) is 0 Å². The van der Waals surface area contributed by atoms with Gasteiger partial charge < -0.3 is 4.52 Å². The molecule has 0 unspecified atom stereocenters. The fourth-order valence-electron chi connectivity index (χ4n) is 2.44. The van der Waals surface area contributed by atoms with E-state index < -0.39 is 0 Å². The van der Waals surface area contributed by atoms with Gasteiger partial charge in [0, 0.05) is 6.54 Å². The molecule has 4 aromatic rings. The molecular weight excluding hydrogens is 370 g/mol. The first kappa shape index (κ1) is 16.8. The molecule has 3 heterocycles. The van der Waals surface area contributed by atoms with Crippen LogP contribution in [0.5, 0.6) is 0 Å². The summed E-state index contributed by atoms with van der Waals surface area (Å²) in [5.74, 6) is 1.56. The van der Waals surface area contributed by atoms with Gasteiger partial charge in [-0.05, 0) is 23.4 Å². The first-order valence-electron chi connectivity index (χ1n) is 7.98. The van der Waals surface area contributed by atoms with E-state index in [1.807, 2.05) is 47.8 Å². The number of thioether (sulfide) groups is 1. The predicted octanol–water partition coefficient (Wildman–Crippen LogP) is 3.22. The highest BCUT2D eigenvalue weighted by Crippen LogP contribution is 2.24. The van der Waals surface area contributed by atoms with Gasteiger partial charge in [-0.25, -0.2) is 9.89 Å². The Bertz CT molecular complexity index is 1020. The van der Waals surface area contributed by atoms with Crippen LogP contribution in [0.25, 0.3) is 10.8 Å². The Morgan fingerprint density at radius 2 is 2.08 bits per heavy atom. The summed E-state index contributed by atoms with van der Waals surface area (Å²) in [6.07, 6.45) is 0.762. The van der Waals surface area contributed by atoms with Gasteiger partial charge in [-0.2, -0.15) is 4.98 Å². The molecule has 0 aliphatic carbocycles. The van der Waals surface area contributed by atoms with Crippen molar-refractivity contribution < 1.29 is 4.52 Å². The third-order valence-electron chi connectivity index (χ3n) is 3.72. The van der Waals surface area contributed by atoms with E-state index in [2.05, 4.69) is 20.3 Å². The van der Waals surface area contributed by atoms with Gasteiger partial charge >= 0.3 is 5.69 Å². The third kappa shape index (κ3) is 3.78. The molecule has 0 aliphatic rings. The zero-order valence-electron chi connectivity index (χ0n) is 13.7. The molecule has 0 fully saturated rings. The smallest absolute Gasteiger partial charge is 0.333 e. The van der Waals surface area contributed by atoms with Gasteiger partial charge in [0.15, 0.2) is 11.0 Å². The second-order valence-electron chi connectivity index (χ2n) is 5.48. The summed E-state index contributed by atoms with van der Waals surface area (Å²) in [4.78, 5) is 17.3. The van der Waals surface area contributed by atoms with Crippen LogP contribution in [0.3, 0.4) is 0 Å². The largest absolute Gasteiger partial charge is 0.343 e. The highest BCUT2D eigenvalue weighted by molar-refractivity contribution is 7.98. The van der Waals surface area contributed by atoms with Crippen molar-refractivity contribution in [3.8, 4) is 10.8 Å². The zero-order valence-corrected chi connectivity index (χ0v) is 15.3. The summed E-state index contributed by atoms with van der Waals surface area (Å²) in [6, 6.07) is 13.9. The van der Waals surface area contributed by atoms with Crippen molar-refractivity contribution in [2.75, 3.05) is 0 Å². The second-order valence-corrected chi connectivity index (χ2v) is 7.37. The minimum absolute atomic E-state index is 0.212. The van der Waals surface area contributed by atoms with E-state index in [0.29, 0.717) is 29.2 Å². The topological polar surface area (TPSA) is 89.6 Å². The van der Waals surface area contributed by atoms with Gasteiger partial charge in [-0.3, -0.25) is 4.57 Å². The van der Waals surface area contributed by atoms with Gasteiger partial charge in [-0.15, -0.1) is 16.4 Å². The average molecular weight is 385 g/mol. The molecular formula is C17H15N5O2S2. The maximum Gasteiger partial charge on any atom is 0.343 e. The number of thiophene rings is 1. The van der Waals surface area contributed by atoms with Crippen LogP contribution in [0.2, 0.25) is 0 Å². The molecule has 3 aromatic heterocycles. The van der Waals surface area contributed by atoms with E-state index in [1.165, 1.54) is 17.3 Å². The molecule has 9 heteroatoms. The normalized spacial score (nSPS) is 11.1. The Labute approximate surface area is 157 Å². The monoisotopic (exact) mass is 385 g/mol. The van der Waals surface area contributed by atoms with Crippen molar-refractivity contribution in [1.29, 1.82) is 0 Å². The van der Waals surface area contributed by atoms with Crippen LogP contribution in [0.1, 0.15) is 11.4 Å². The fraction of sp³-hybridized carbons (Fsp3) is 0.176. The fourth-order valence-corrected chi connectivity index (χ4v) is 3.90. The Hall–Kier alpha value is -2.65. The van der Waals surface area contributed by atoms with Crippen LogP contribution in [0, 0.1) is 0 Å². The van der Waals surface area contributed by atoms with E-state index in [-0.39, 0.29) is 5.69 Å². The highest BCUT2D eigenvalue weighted by atomic mass is 32.2. The molecule has 0 aliphatic heterocycles. The lowest BCUT2D eigenvalue weighted by molar-refractivity contribution is 0.426. The lowest BCUT2D eigenvalue weighted by Crippen LogP contribution is -2.18. The number of aromatic nitrogens is 5. The molecule has 0 amide bonds. The third-order valence-corrected chi connectivity index (χ3v) is 5.55. The molecule has 0 saturated heterocycles. The van der Waals surface area contributed by atoms with E-state index in [1.54, 1.807) is 15.9 Å². The zero-order chi connectivity index (χ0) is 17.8. The summed E-state index contributed by atoms with van der Waals surface area (Å²) in [6.45, 7) is 0.564. The van der Waals surface area contributed by atoms with Crippen LogP contribution in [0.15, 0.2) is 62.3 Å². The second kappa shape index (κ2) is 7.71. The molecule has 1 N–H and O–H groups in total. The van der Waals surface area contributed by atoms with Crippen LogP contribution in [-0.2, 0) is 18.7 Å². The molecule has 0 bridgehead atoms. The van der Waals surface area contributed by atoms with Crippen LogP contribution in [-0.4, -0.2) is 24.9 Å². The summed E-state index contributed by atoms with van der Waals surface area (Å²) in [5.41, 5.74) is 0.964. The number of H-pyrrole nitrogens is 1. The Morgan fingerprint density at radius 3 is 2.88 bits per heavy atom. The molecule has 0 spiro atoms. The molecule has 1 aromatic carbocycles. The predicted molar refractivity (Wildman–Crippen MR) is 100 cm³/mol. The van der Waals surface area contributed by atoms with E-state index in [9.17, 15) is 4.79 Å². The number of nitrogens with zero attached hydrogens (tertiary/aromatic N) is 4. The molecule has 7 nitrogen and oxygen atoms in total. The Kier molecular flexibility index (Phi) is 4.98. The number of aromatic amines is 1. The van der Waals surface area contributed by atoms with E-state index >= 15 is 0 Å². The first-order chi connectivity index (χ1) is 12.8. The van der Waals surface area contributed by atoms with E-state index in [4.69, 9.17) is 4.52 Å². The van der Waals surface area contributed by atoms with Crippen molar-refractivity contribution in [1.82, 2.24) is 24.9 Å². The number of nitrogens with one attached hydrogen (secondary N) is 1. The molecule has 132 valence electrons. The van der Waals surface area contributed by atoms with E-state index in [0.717, 1.165) is 11.3 Å². The summed E-state index contributed by atoms with van der Waals surface area (Å²) < 4.78 is 6.91. The van der Waals surface area contributed by atoms with Gasteiger partial charge in [0.05, 0.1) is 10.6 Å². The SMILES string of the molecule is O=c1[nH]nc(SCc2noc(-c3cccs3)n2)n1CCc1ccccc1. The van der Waals surface area contributed by atoms with Crippen LogP contribution < -0.4 is 5.69 Å². The maximum absolute atomic E-state index is 12.0. The van der Waals surface area contributed by atoms with Gasteiger partial charge in [-0.1, -0.05) is 53.3 Å². The summed E-state index contributed by atoms with van der Waals surface area (Å²) in [7, 11) is 0. The van der Waals surface area contributed by atoms with Crippen molar-refractivity contribution in [2.45, 2.75) is 23.9 Å². The van der Waals surface area contributed by atoms with Gasteiger partial charge in [0.25, 0.3) is 5.89 Å². The molecule has 4 rings (SSSR count). The average Bonchev–Trinajstić information content (AvgIpc) is 3.41. The lowest BCUT2D eigenvalue weighted by Gasteiger charge is -2.04. The van der Waals surface area contributed by atoms with Gasteiger partial charge in [0.1, 0.15) is 0 Å².